The van der Waals surface area contributed by atoms with Crippen molar-refractivity contribution in [3.05, 3.63) is 42.0 Å². The summed E-state index contributed by atoms with van der Waals surface area (Å²) in [5, 5.41) is 14.7. The number of rotatable bonds is 6. The van der Waals surface area contributed by atoms with Crippen LogP contribution in [0, 0.1) is 0 Å². The number of aryl methyl sites for hydroxylation is 1. The van der Waals surface area contributed by atoms with Gasteiger partial charge in [0.2, 0.25) is 5.95 Å². The molecule has 1 aromatic heterocycles. The first-order valence-corrected chi connectivity index (χ1v) is 6.12. The maximum atomic E-state index is 3.94. The number of hydrogen-bond donors (Lipinski definition) is 1. The molecule has 0 saturated heterocycles. The van der Waals surface area contributed by atoms with E-state index in [0.717, 1.165) is 18.9 Å². The highest BCUT2D eigenvalue weighted by Crippen LogP contribution is 2.02. The molecule has 0 bridgehead atoms. The first-order chi connectivity index (χ1) is 8.90. The molecule has 1 N–H and O–H groups in total. The van der Waals surface area contributed by atoms with Gasteiger partial charge in [-0.25, -0.2) is 4.68 Å². The molecule has 0 aliphatic heterocycles. The van der Waals surface area contributed by atoms with Gasteiger partial charge in [-0.3, -0.25) is 0 Å². The average molecular weight is 243 g/mol. The molecule has 0 spiro atoms. The molecule has 0 aliphatic carbocycles. The van der Waals surface area contributed by atoms with Crippen LogP contribution in [0.15, 0.2) is 36.4 Å². The van der Waals surface area contributed by atoms with Crippen LogP contribution in [0.2, 0.25) is 0 Å². The average Bonchev–Trinajstić information content (AvgIpc) is 2.84. The molecule has 0 saturated carbocycles. The minimum Gasteiger partial charge on any atom is -0.350 e. The zero-order valence-corrected chi connectivity index (χ0v) is 10.5. The highest BCUT2D eigenvalue weighted by Gasteiger charge is 2.01. The first kappa shape index (κ1) is 12.3. The van der Waals surface area contributed by atoms with Gasteiger partial charge >= 0.3 is 0 Å². The van der Waals surface area contributed by atoms with Crippen LogP contribution in [0.1, 0.15) is 18.9 Å². The Labute approximate surface area is 107 Å². The van der Waals surface area contributed by atoms with E-state index in [0.29, 0.717) is 6.54 Å². The van der Waals surface area contributed by atoms with Crippen LogP contribution in [0.5, 0.6) is 0 Å². The Bertz CT molecular complexity index is 489. The van der Waals surface area contributed by atoms with Gasteiger partial charge < -0.3 is 5.32 Å². The van der Waals surface area contributed by atoms with Gasteiger partial charge in [0.05, 0.1) is 0 Å². The van der Waals surface area contributed by atoms with E-state index in [1.807, 2.05) is 18.2 Å². The van der Waals surface area contributed by atoms with Crippen molar-refractivity contribution in [1.29, 1.82) is 0 Å². The van der Waals surface area contributed by atoms with Crippen LogP contribution >= 0.6 is 0 Å². The normalized spacial score (nSPS) is 10.9. The van der Waals surface area contributed by atoms with E-state index < -0.39 is 0 Å². The fourth-order valence-corrected chi connectivity index (χ4v) is 1.60. The topological polar surface area (TPSA) is 55.6 Å². The molecule has 5 nitrogen and oxygen atoms in total. The third kappa shape index (κ3) is 3.41. The van der Waals surface area contributed by atoms with Crippen LogP contribution in [-0.2, 0) is 6.54 Å². The van der Waals surface area contributed by atoms with Gasteiger partial charge in [0.1, 0.15) is 0 Å². The summed E-state index contributed by atoms with van der Waals surface area (Å²) in [6.07, 6.45) is 5.14. The monoisotopic (exact) mass is 243 g/mol. The second-order valence-electron chi connectivity index (χ2n) is 3.92. The van der Waals surface area contributed by atoms with E-state index in [4.69, 9.17) is 0 Å². The maximum Gasteiger partial charge on any atom is 0.243 e. The lowest BCUT2D eigenvalue weighted by molar-refractivity contribution is 0.583. The minimum atomic E-state index is 0.707. The van der Waals surface area contributed by atoms with E-state index >= 15 is 0 Å². The van der Waals surface area contributed by atoms with Crippen LogP contribution in [0.4, 0.5) is 5.95 Å². The van der Waals surface area contributed by atoms with Crippen molar-refractivity contribution in [2.45, 2.75) is 19.9 Å². The van der Waals surface area contributed by atoms with Crippen molar-refractivity contribution in [3.63, 3.8) is 0 Å². The van der Waals surface area contributed by atoms with Gasteiger partial charge in [-0.15, -0.1) is 0 Å². The van der Waals surface area contributed by atoms with Crippen molar-refractivity contribution in [2.75, 3.05) is 11.9 Å². The number of tetrazole rings is 1. The van der Waals surface area contributed by atoms with Crippen LogP contribution in [0.3, 0.4) is 0 Å². The summed E-state index contributed by atoms with van der Waals surface area (Å²) in [4.78, 5) is 0. The van der Waals surface area contributed by atoms with Crippen LogP contribution in [0.25, 0.3) is 6.08 Å². The lowest BCUT2D eigenvalue weighted by Gasteiger charge is -2.02. The number of hydrogen-bond acceptors (Lipinski definition) is 4. The fraction of sp³-hybridized carbons (Fsp3) is 0.308. The third-order valence-electron chi connectivity index (χ3n) is 2.46. The summed E-state index contributed by atoms with van der Waals surface area (Å²) in [5.74, 6) is 0.717. The fourth-order valence-electron chi connectivity index (χ4n) is 1.60. The summed E-state index contributed by atoms with van der Waals surface area (Å²) in [5.41, 5.74) is 1.19. The summed E-state index contributed by atoms with van der Waals surface area (Å²) in [7, 11) is 0. The zero-order valence-electron chi connectivity index (χ0n) is 10.5. The molecular weight excluding hydrogens is 226 g/mol. The summed E-state index contributed by atoms with van der Waals surface area (Å²) >= 11 is 0. The van der Waals surface area contributed by atoms with Crippen molar-refractivity contribution in [3.8, 4) is 0 Å². The Hall–Kier alpha value is -2.17. The first-order valence-electron chi connectivity index (χ1n) is 6.12. The SMILES string of the molecule is CCCn1nnnc1NCC=Cc1ccccc1. The number of nitrogens with one attached hydrogen (secondary N) is 1. The molecule has 0 atom stereocenters. The van der Waals surface area contributed by atoms with Gasteiger partial charge in [0.15, 0.2) is 0 Å². The van der Waals surface area contributed by atoms with Crippen molar-refractivity contribution in [1.82, 2.24) is 20.2 Å². The number of anilines is 1. The summed E-state index contributed by atoms with van der Waals surface area (Å²) in [6, 6.07) is 10.2. The molecule has 1 heterocycles. The number of nitrogens with zero attached hydrogens (tertiary/aromatic N) is 4. The Morgan fingerprint density at radius 1 is 1.28 bits per heavy atom. The van der Waals surface area contributed by atoms with Gasteiger partial charge in [-0.05, 0) is 22.4 Å². The molecule has 2 rings (SSSR count). The molecule has 0 radical (unpaired) electrons. The maximum absolute atomic E-state index is 3.94. The van der Waals surface area contributed by atoms with Gasteiger partial charge in [-0.2, -0.15) is 0 Å². The van der Waals surface area contributed by atoms with Crippen LogP contribution in [-0.4, -0.2) is 26.8 Å². The van der Waals surface area contributed by atoms with Gasteiger partial charge in [0, 0.05) is 13.1 Å². The molecule has 94 valence electrons. The highest BCUT2D eigenvalue weighted by atomic mass is 15.6. The third-order valence-corrected chi connectivity index (χ3v) is 2.46. The van der Waals surface area contributed by atoms with E-state index in [9.17, 15) is 0 Å². The standard InChI is InChI=1S/C13H17N5/c1-2-11-18-13(15-16-17-18)14-10-6-9-12-7-4-3-5-8-12/h3-9H,2,10-11H2,1H3,(H,14,15,17). The Morgan fingerprint density at radius 2 is 2.11 bits per heavy atom. The van der Waals surface area contributed by atoms with E-state index in [1.54, 1.807) is 4.68 Å². The van der Waals surface area contributed by atoms with Crippen molar-refractivity contribution >= 4 is 12.0 Å². The summed E-state index contributed by atoms with van der Waals surface area (Å²) in [6.45, 7) is 3.64. The second-order valence-corrected chi connectivity index (χ2v) is 3.92. The predicted molar refractivity (Wildman–Crippen MR) is 72.1 cm³/mol. The smallest absolute Gasteiger partial charge is 0.243 e. The molecule has 18 heavy (non-hydrogen) atoms. The van der Waals surface area contributed by atoms with E-state index in [-0.39, 0.29) is 0 Å². The molecule has 0 unspecified atom stereocenters. The van der Waals surface area contributed by atoms with Crippen LogP contribution < -0.4 is 5.32 Å². The van der Waals surface area contributed by atoms with Crippen molar-refractivity contribution < 1.29 is 0 Å². The number of benzene rings is 1. The predicted octanol–water partition coefficient (Wildman–Crippen LogP) is 2.21. The molecule has 0 fully saturated rings. The quantitative estimate of drug-likeness (QED) is 0.845. The Kier molecular flexibility index (Phi) is 4.46. The number of aromatic nitrogens is 4. The molecular formula is C13H17N5. The zero-order chi connectivity index (χ0) is 12.6. The molecule has 1 aromatic carbocycles. The molecule has 5 heteroatoms. The van der Waals surface area contributed by atoms with Gasteiger partial charge in [-0.1, -0.05) is 54.5 Å². The second kappa shape index (κ2) is 6.54. The molecule has 2 aromatic rings. The van der Waals surface area contributed by atoms with Gasteiger partial charge in [0.25, 0.3) is 0 Å². The van der Waals surface area contributed by atoms with Crippen molar-refractivity contribution in [2.24, 2.45) is 0 Å². The lowest BCUT2D eigenvalue weighted by Crippen LogP contribution is -2.08. The van der Waals surface area contributed by atoms with E-state index in [2.05, 4.69) is 52.1 Å². The Morgan fingerprint density at radius 3 is 2.89 bits per heavy atom. The summed E-state index contributed by atoms with van der Waals surface area (Å²) < 4.78 is 1.77. The Balaban J connectivity index is 1.85. The molecule has 0 amide bonds. The van der Waals surface area contributed by atoms with E-state index in [1.165, 1.54) is 5.56 Å². The highest BCUT2D eigenvalue weighted by molar-refractivity contribution is 5.49. The molecule has 0 aliphatic rings. The lowest BCUT2D eigenvalue weighted by atomic mass is 10.2. The largest absolute Gasteiger partial charge is 0.350 e. The minimum absolute atomic E-state index is 0.707.